The molecule has 0 saturated carbocycles. The number of thioether (sulfide) groups is 1. The molecule has 7 heteroatoms. The van der Waals surface area contributed by atoms with Crippen LogP contribution in [0, 0.1) is 34.0 Å². The van der Waals surface area contributed by atoms with Crippen LogP contribution in [-0.2, 0) is 16.0 Å². The second-order valence-corrected chi connectivity index (χ2v) is 7.47. The number of aryl methyl sites for hydroxylation is 1. The number of carbonyl (C=O) groups is 2. The first-order valence-electron chi connectivity index (χ1n) is 8.20. The van der Waals surface area contributed by atoms with E-state index in [9.17, 15) is 20.1 Å². The van der Waals surface area contributed by atoms with Gasteiger partial charge in [0, 0.05) is 11.1 Å². The number of nitriles is 2. The molecule has 1 aliphatic heterocycles. The van der Waals surface area contributed by atoms with Gasteiger partial charge in [0.25, 0.3) is 0 Å². The molecule has 6 nitrogen and oxygen atoms in total. The van der Waals surface area contributed by atoms with Crippen LogP contribution in [0.1, 0.15) is 26.3 Å². The second kappa shape index (κ2) is 8.07. The van der Waals surface area contributed by atoms with Crippen LogP contribution in [0.15, 0.2) is 34.9 Å². The predicted molar refractivity (Wildman–Crippen MR) is 101 cm³/mol. The Morgan fingerprint density at radius 3 is 2.73 bits per heavy atom. The Balaban J connectivity index is 2.11. The van der Waals surface area contributed by atoms with Crippen LogP contribution < -0.4 is 10.6 Å². The van der Waals surface area contributed by atoms with Gasteiger partial charge in [0.2, 0.25) is 11.8 Å². The van der Waals surface area contributed by atoms with Crippen molar-refractivity contribution in [1.82, 2.24) is 5.32 Å². The van der Waals surface area contributed by atoms with E-state index in [0.29, 0.717) is 16.3 Å². The molecule has 134 valence electrons. The maximum atomic E-state index is 12.2. The van der Waals surface area contributed by atoms with Gasteiger partial charge >= 0.3 is 0 Å². The van der Waals surface area contributed by atoms with E-state index in [1.165, 1.54) is 0 Å². The lowest BCUT2D eigenvalue weighted by atomic mass is 9.72. The number of amides is 2. The van der Waals surface area contributed by atoms with E-state index in [0.717, 1.165) is 23.7 Å². The fourth-order valence-corrected chi connectivity index (χ4v) is 3.71. The number of anilines is 1. The summed E-state index contributed by atoms with van der Waals surface area (Å²) in [7, 11) is 0. The summed E-state index contributed by atoms with van der Waals surface area (Å²) in [5.74, 6) is -1.57. The molecule has 2 rings (SSSR count). The lowest BCUT2D eigenvalue weighted by molar-refractivity contribution is -0.125. The average Bonchev–Trinajstić information content (AvgIpc) is 2.59. The van der Waals surface area contributed by atoms with Gasteiger partial charge in [-0.15, -0.1) is 0 Å². The van der Waals surface area contributed by atoms with Crippen molar-refractivity contribution in [2.24, 2.45) is 11.3 Å². The van der Waals surface area contributed by atoms with Crippen LogP contribution in [-0.4, -0.2) is 17.6 Å². The van der Waals surface area contributed by atoms with E-state index < -0.39 is 17.2 Å². The van der Waals surface area contributed by atoms with Crippen molar-refractivity contribution < 1.29 is 9.59 Å². The molecule has 0 saturated heterocycles. The van der Waals surface area contributed by atoms with Crippen LogP contribution in [0.5, 0.6) is 0 Å². The van der Waals surface area contributed by atoms with Crippen LogP contribution in [0.4, 0.5) is 5.69 Å². The summed E-state index contributed by atoms with van der Waals surface area (Å²) in [6.45, 7) is 5.42. The van der Waals surface area contributed by atoms with Crippen molar-refractivity contribution in [2.75, 3.05) is 11.1 Å². The summed E-state index contributed by atoms with van der Waals surface area (Å²) in [5.41, 5.74) is 1.24. The molecule has 0 bridgehead atoms. The van der Waals surface area contributed by atoms with Gasteiger partial charge in [0.05, 0.1) is 28.5 Å². The molecule has 2 amide bonds. The Hall–Kier alpha value is -2.77. The number of nitrogens with one attached hydrogen (secondary N) is 2. The first-order valence-corrected chi connectivity index (χ1v) is 9.19. The van der Waals surface area contributed by atoms with Crippen LogP contribution in [0.3, 0.4) is 0 Å². The average molecular weight is 368 g/mol. The van der Waals surface area contributed by atoms with Crippen LogP contribution >= 0.6 is 11.8 Å². The molecule has 0 radical (unpaired) electrons. The predicted octanol–water partition coefficient (Wildman–Crippen LogP) is 2.95. The smallest absolute Gasteiger partial charge is 0.243 e. The highest BCUT2D eigenvalue weighted by Gasteiger charge is 2.44. The first-order chi connectivity index (χ1) is 12.3. The molecule has 0 fully saturated rings. The maximum Gasteiger partial charge on any atom is 0.243 e. The first kappa shape index (κ1) is 19.6. The highest BCUT2D eigenvalue weighted by molar-refractivity contribution is 8.03. The van der Waals surface area contributed by atoms with E-state index >= 15 is 0 Å². The van der Waals surface area contributed by atoms with E-state index in [1.807, 2.05) is 37.3 Å². The summed E-state index contributed by atoms with van der Waals surface area (Å²) in [6.07, 6.45) is 0.873. The van der Waals surface area contributed by atoms with E-state index in [-0.39, 0.29) is 11.7 Å². The fraction of sp³-hybridized carbons (Fsp3) is 0.368. The van der Waals surface area contributed by atoms with Gasteiger partial charge in [0.1, 0.15) is 5.92 Å². The molecule has 1 atom stereocenters. The molecule has 26 heavy (non-hydrogen) atoms. The van der Waals surface area contributed by atoms with Gasteiger partial charge in [-0.1, -0.05) is 44.7 Å². The molecular formula is C19H20N4O2S. The van der Waals surface area contributed by atoms with Crippen molar-refractivity contribution in [1.29, 1.82) is 10.5 Å². The molecule has 1 heterocycles. The zero-order chi connectivity index (χ0) is 19.3. The van der Waals surface area contributed by atoms with Gasteiger partial charge in [-0.05, 0) is 24.1 Å². The Bertz CT molecular complexity index is 846. The molecule has 0 unspecified atom stereocenters. The van der Waals surface area contributed by atoms with Crippen molar-refractivity contribution in [3.63, 3.8) is 0 Å². The number of rotatable bonds is 5. The standard InChI is InChI=1S/C19H20N4O2S/c1-4-12-6-5-7-13(8-12)22-16(24)11-26-18-15(10-21)19(2,3)14(9-20)17(25)23-18/h5-8,14H,4,11H2,1-3H3,(H,22,24)(H,23,25)/t14-/m1/s1. The Morgan fingerprint density at radius 1 is 1.38 bits per heavy atom. The maximum absolute atomic E-state index is 12.2. The molecule has 1 aromatic rings. The lowest BCUT2D eigenvalue weighted by Crippen LogP contribution is -2.44. The largest absolute Gasteiger partial charge is 0.325 e. The van der Waals surface area contributed by atoms with Gasteiger partial charge < -0.3 is 10.6 Å². The number of hydrogen-bond donors (Lipinski definition) is 2. The number of allylic oxidation sites excluding steroid dienone is 1. The normalized spacial score (nSPS) is 18.5. The van der Waals surface area contributed by atoms with Crippen LogP contribution in [0.25, 0.3) is 0 Å². The van der Waals surface area contributed by atoms with Crippen molar-refractivity contribution in [3.8, 4) is 12.1 Å². The quantitative estimate of drug-likeness (QED) is 0.831. The minimum absolute atomic E-state index is 0.0461. The zero-order valence-corrected chi connectivity index (χ0v) is 15.7. The topological polar surface area (TPSA) is 106 Å². The minimum atomic E-state index is -0.938. The van der Waals surface area contributed by atoms with Crippen LogP contribution in [0.2, 0.25) is 0 Å². The second-order valence-electron chi connectivity index (χ2n) is 6.48. The SMILES string of the molecule is CCc1cccc(NC(=O)CSC2=C(C#N)C(C)(C)[C@H](C#N)C(=O)N2)c1. The zero-order valence-electron chi connectivity index (χ0n) is 14.9. The third-order valence-corrected chi connectivity index (χ3v) is 5.30. The Kier molecular flexibility index (Phi) is 6.07. The van der Waals surface area contributed by atoms with E-state index in [4.69, 9.17) is 0 Å². The third-order valence-electron chi connectivity index (χ3n) is 4.30. The van der Waals surface area contributed by atoms with Gasteiger partial charge in [-0.25, -0.2) is 0 Å². The number of benzene rings is 1. The summed E-state index contributed by atoms with van der Waals surface area (Å²) in [4.78, 5) is 24.3. The molecule has 1 aliphatic rings. The van der Waals surface area contributed by atoms with E-state index in [1.54, 1.807) is 13.8 Å². The molecule has 2 N–H and O–H groups in total. The van der Waals surface area contributed by atoms with Gasteiger partial charge in [-0.3, -0.25) is 9.59 Å². The van der Waals surface area contributed by atoms with Gasteiger partial charge in [0.15, 0.2) is 0 Å². The number of carbonyl (C=O) groups excluding carboxylic acids is 2. The summed E-state index contributed by atoms with van der Waals surface area (Å²) in [6, 6.07) is 11.6. The molecule has 1 aromatic carbocycles. The van der Waals surface area contributed by atoms with Crippen molar-refractivity contribution in [3.05, 3.63) is 40.4 Å². The molecule has 0 aromatic heterocycles. The summed E-state index contributed by atoms with van der Waals surface area (Å²) >= 11 is 1.09. The van der Waals surface area contributed by atoms with Crippen molar-refractivity contribution in [2.45, 2.75) is 27.2 Å². The lowest BCUT2D eigenvalue weighted by Gasteiger charge is -2.34. The van der Waals surface area contributed by atoms with Crippen molar-refractivity contribution >= 4 is 29.3 Å². The summed E-state index contributed by atoms with van der Waals surface area (Å²) < 4.78 is 0. The highest BCUT2D eigenvalue weighted by Crippen LogP contribution is 2.41. The highest BCUT2D eigenvalue weighted by atomic mass is 32.2. The molecule has 0 spiro atoms. The Morgan fingerprint density at radius 2 is 2.12 bits per heavy atom. The van der Waals surface area contributed by atoms with E-state index in [2.05, 4.69) is 16.7 Å². The monoisotopic (exact) mass is 368 g/mol. The Labute approximate surface area is 157 Å². The van der Waals surface area contributed by atoms with Gasteiger partial charge in [-0.2, -0.15) is 10.5 Å². The third kappa shape index (κ3) is 4.07. The number of nitrogens with zero attached hydrogens (tertiary/aromatic N) is 2. The summed E-state index contributed by atoms with van der Waals surface area (Å²) in [5, 5.41) is 24.4. The molecule has 0 aliphatic carbocycles. The molecular weight excluding hydrogens is 348 g/mol. The minimum Gasteiger partial charge on any atom is -0.325 e. The fourth-order valence-electron chi connectivity index (χ4n) is 2.74. The number of hydrogen-bond acceptors (Lipinski definition) is 5.